The number of hydrogen-bond acceptors (Lipinski definition) is 3. The van der Waals surface area contributed by atoms with E-state index in [0.29, 0.717) is 43.9 Å². The van der Waals surface area contributed by atoms with Crippen molar-refractivity contribution in [3.05, 3.63) is 67.6 Å². The van der Waals surface area contributed by atoms with Crippen LogP contribution in [-0.4, -0.2) is 47.5 Å². The molecule has 2 aromatic carbocycles. The van der Waals surface area contributed by atoms with E-state index in [1.165, 1.54) is 0 Å². The molecule has 1 aliphatic rings. The summed E-state index contributed by atoms with van der Waals surface area (Å²) in [6.45, 7) is 7.15. The molecule has 0 N–H and O–H groups in total. The Labute approximate surface area is 224 Å². The predicted octanol–water partition coefficient (Wildman–Crippen LogP) is 7.18. The van der Waals surface area contributed by atoms with Gasteiger partial charge in [0.1, 0.15) is 5.60 Å². The van der Waals surface area contributed by atoms with Crippen LogP contribution in [0.3, 0.4) is 0 Å². The third kappa shape index (κ3) is 7.22. The van der Waals surface area contributed by atoms with Gasteiger partial charge in [0.15, 0.2) is 0 Å². The minimum absolute atomic E-state index is 0.0572. The van der Waals surface area contributed by atoms with E-state index in [-0.39, 0.29) is 12.0 Å². The smallest absolute Gasteiger partial charge is 0.410 e. The van der Waals surface area contributed by atoms with E-state index in [0.717, 1.165) is 20.1 Å². The van der Waals surface area contributed by atoms with Crippen LogP contribution < -0.4 is 0 Å². The summed E-state index contributed by atoms with van der Waals surface area (Å²) < 4.78 is 7.48. The van der Waals surface area contributed by atoms with E-state index in [4.69, 9.17) is 16.3 Å². The maximum Gasteiger partial charge on any atom is 0.410 e. The Bertz CT molecular complexity index is 1030. The fourth-order valence-electron chi connectivity index (χ4n) is 4.32. The summed E-state index contributed by atoms with van der Waals surface area (Å²) in [5, 5.41) is 0.645. The van der Waals surface area contributed by atoms with E-state index in [1.807, 2.05) is 70.3 Å². The Morgan fingerprint density at radius 3 is 2.26 bits per heavy atom. The van der Waals surface area contributed by atoms with Crippen molar-refractivity contribution in [2.75, 3.05) is 20.1 Å². The van der Waals surface area contributed by atoms with Crippen LogP contribution in [0, 0.1) is 0 Å². The van der Waals surface area contributed by atoms with Crippen molar-refractivity contribution in [3.8, 4) is 0 Å². The molecule has 1 aliphatic heterocycles. The topological polar surface area (TPSA) is 49.9 Å². The number of halogens is 3. The summed E-state index contributed by atoms with van der Waals surface area (Å²) in [6, 6.07) is 13.7. The first kappa shape index (κ1) is 27.0. The molecule has 0 radical (unpaired) electrons. The molecule has 0 unspecified atom stereocenters. The van der Waals surface area contributed by atoms with Gasteiger partial charge in [0.25, 0.3) is 0 Å². The quantitative estimate of drug-likeness (QED) is 0.359. The number of hydrogen-bond donors (Lipinski definition) is 0. The van der Waals surface area contributed by atoms with Crippen molar-refractivity contribution in [3.63, 3.8) is 0 Å². The van der Waals surface area contributed by atoms with Crippen molar-refractivity contribution >= 4 is 55.5 Å². The molecule has 8 heteroatoms. The van der Waals surface area contributed by atoms with Gasteiger partial charge in [-0.2, -0.15) is 0 Å². The molecule has 184 valence electrons. The molecule has 1 saturated heterocycles. The maximum absolute atomic E-state index is 13.4. The van der Waals surface area contributed by atoms with Gasteiger partial charge in [0.05, 0.1) is 0 Å². The third-order valence-corrected chi connectivity index (χ3v) is 7.22. The lowest BCUT2D eigenvalue weighted by Gasteiger charge is -2.42. The second-order valence-corrected chi connectivity index (χ2v) is 12.2. The summed E-state index contributed by atoms with van der Waals surface area (Å²) >= 11 is 13.3. The van der Waals surface area contributed by atoms with Crippen molar-refractivity contribution in [1.29, 1.82) is 0 Å². The summed E-state index contributed by atoms with van der Waals surface area (Å²) in [5.41, 5.74) is 1.13. The van der Waals surface area contributed by atoms with E-state index in [9.17, 15) is 9.59 Å². The Hall–Kier alpha value is -1.57. The largest absolute Gasteiger partial charge is 0.444 e. The van der Waals surface area contributed by atoms with Gasteiger partial charge in [-0.25, -0.2) is 4.79 Å². The summed E-state index contributed by atoms with van der Waals surface area (Å²) in [4.78, 5) is 29.5. The molecule has 0 aromatic heterocycles. The Morgan fingerprint density at radius 1 is 1.09 bits per heavy atom. The molecule has 2 amide bonds. The van der Waals surface area contributed by atoms with Gasteiger partial charge in [-0.1, -0.05) is 55.6 Å². The minimum atomic E-state index is -0.543. The lowest BCUT2D eigenvalue weighted by Crippen LogP contribution is -2.48. The molecule has 0 spiro atoms. The number of ether oxygens (including phenoxy) is 1. The Morgan fingerprint density at radius 2 is 1.71 bits per heavy atom. The summed E-state index contributed by atoms with van der Waals surface area (Å²) in [7, 11) is 1.83. The number of carbonyl (C=O) groups is 2. The van der Waals surface area contributed by atoms with Crippen LogP contribution in [-0.2, 0) is 21.5 Å². The van der Waals surface area contributed by atoms with E-state index in [1.54, 1.807) is 9.80 Å². The van der Waals surface area contributed by atoms with Gasteiger partial charge in [0.2, 0.25) is 5.91 Å². The summed E-state index contributed by atoms with van der Waals surface area (Å²) in [5.74, 6) is 0.0572. The van der Waals surface area contributed by atoms with Crippen LogP contribution in [0.25, 0.3) is 0 Å². The molecule has 34 heavy (non-hydrogen) atoms. The van der Waals surface area contributed by atoms with Gasteiger partial charge >= 0.3 is 6.09 Å². The first-order valence-electron chi connectivity index (χ1n) is 11.3. The maximum atomic E-state index is 13.4. The first-order valence-corrected chi connectivity index (χ1v) is 13.3. The first-order chi connectivity index (χ1) is 15.9. The SMILES string of the molecule is CN(Cc1cc(Br)cc(Br)c1)C(=O)CC1(c2cccc(Cl)c2)CCN(C(=O)OC(C)(C)C)CC1. The second-order valence-electron chi connectivity index (χ2n) is 9.96. The fraction of sp³-hybridized carbons (Fsp3) is 0.462. The highest BCUT2D eigenvalue weighted by Gasteiger charge is 2.40. The highest BCUT2D eigenvalue weighted by Crippen LogP contribution is 2.40. The zero-order chi connectivity index (χ0) is 25.1. The molecular formula is C26H31Br2ClN2O3. The second kappa shape index (κ2) is 11.0. The molecular weight excluding hydrogens is 584 g/mol. The van der Waals surface area contributed by atoms with Crippen molar-refractivity contribution in [1.82, 2.24) is 9.80 Å². The highest BCUT2D eigenvalue weighted by molar-refractivity contribution is 9.11. The van der Waals surface area contributed by atoms with E-state index >= 15 is 0 Å². The monoisotopic (exact) mass is 612 g/mol. The van der Waals surface area contributed by atoms with Gasteiger partial charge in [-0.15, -0.1) is 0 Å². The van der Waals surface area contributed by atoms with Gasteiger partial charge in [0, 0.05) is 52.5 Å². The molecule has 2 aromatic rings. The van der Waals surface area contributed by atoms with Crippen LogP contribution in [0.15, 0.2) is 51.4 Å². The minimum Gasteiger partial charge on any atom is -0.444 e. The normalized spacial score (nSPS) is 15.7. The number of carbonyl (C=O) groups excluding carboxylic acids is 2. The van der Waals surface area contributed by atoms with Gasteiger partial charge < -0.3 is 14.5 Å². The number of likely N-dealkylation sites (tertiary alicyclic amines) is 1. The zero-order valence-corrected chi connectivity index (χ0v) is 24.0. The van der Waals surface area contributed by atoms with Crippen LogP contribution in [0.5, 0.6) is 0 Å². The van der Waals surface area contributed by atoms with Crippen LogP contribution in [0.1, 0.15) is 51.2 Å². The van der Waals surface area contributed by atoms with Crippen LogP contribution >= 0.6 is 43.5 Å². The standard InChI is InChI=1S/C26H31Br2ClN2O3/c1-25(2,3)34-24(33)31-10-8-26(9-11-31,19-6-5-7-22(29)14-19)16-23(32)30(4)17-18-12-20(27)15-21(28)13-18/h5-7,12-15H,8-11,16-17H2,1-4H3. The van der Waals surface area contributed by atoms with Crippen molar-refractivity contribution in [2.45, 2.75) is 57.6 Å². The molecule has 5 nitrogen and oxygen atoms in total. The van der Waals surface area contributed by atoms with Crippen molar-refractivity contribution < 1.29 is 14.3 Å². The molecule has 0 saturated carbocycles. The van der Waals surface area contributed by atoms with Gasteiger partial charge in [-0.05, 0) is 75.1 Å². The predicted molar refractivity (Wildman–Crippen MR) is 143 cm³/mol. The number of benzene rings is 2. The fourth-order valence-corrected chi connectivity index (χ4v) is 5.90. The Kier molecular flexibility index (Phi) is 8.75. The van der Waals surface area contributed by atoms with E-state index in [2.05, 4.69) is 31.9 Å². The molecule has 1 heterocycles. The Balaban J connectivity index is 1.78. The van der Waals surface area contributed by atoms with Crippen LogP contribution in [0.4, 0.5) is 4.79 Å². The number of amides is 2. The van der Waals surface area contributed by atoms with Gasteiger partial charge in [-0.3, -0.25) is 4.79 Å². The molecule has 1 fully saturated rings. The highest BCUT2D eigenvalue weighted by atomic mass is 79.9. The van der Waals surface area contributed by atoms with E-state index < -0.39 is 11.0 Å². The third-order valence-electron chi connectivity index (χ3n) is 6.07. The average Bonchev–Trinajstić information content (AvgIpc) is 2.72. The lowest BCUT2D eigenvalue weighted by atomic mass is 9.70. The average molecular weight is 615 g/mol. The number of nitrogens with zero attached hydrogens (tertiary/aromatic N) is 2. The number of rotatable bonds is 5. The zero-order valence-electron chi connectivity index (χ0n) is 20.0. The molecule has 0 bridgehead atoms. The lowest BCUT2D eigenvalue weighted by molar-refractivity contribution is -0.132. The van der Waals surface area contributed by atoms with Crippen molar-refractivity contribution in [2.24, 2.45) is 0 Å². The summed E-state index contributed by atoms with van der Waals surface area (Å²) in [6.07, 6.45) is 1.36. The molecule has 0 aliphatic carbocycles. The molecule has 0 atom stereocenters. The molecule has 3 rings (SSSR count). The van der Waals surface area contributed by atoms with Crippen LogP contribution in [0.2, 0.25) is 5.02 Å². The number of piperidine rings is 1.